The largest absolute Gasteiger partial charge is 0.494 e. The lowest BCUT2D eigenvalue weighted by Gasteiger charge is -2.21. The second kappa shape index (κ2) is 8.97. The SMILES string of the molecule is COc1cccc2sc(N(CCCN(C)C)C(=O)c3cccc([N+](=O)[O-])c3)nc12. The lowest BCUT2D eigenvalue weighted by molar-refractivity contribution is -0.384. The number of hydrogen-bond acceptors (Lipinski definition) is 7. The van der Waals surface area contributed by atoms with Crippen LogP contribution in [0, 0.1) is 10.1 Å². The molecule has 0 spiro atoms. The van der Waals surface area contributed by atoms with Crippen molar-refractivity contribution in [1.29, 1.82) is 0 Å². The predicted octanol–water partition coefficient (Wildman–Crippen LogP) is 3.81. The maximum Gasteiger partial charge on any atom is 0.270 e. The third-order valence-corrected chi connectivity index (χ3v) is 5.40. The molecule has 1 aromatic heterocycles. The fraction of sp³-hybridized carbons (Fsp3) is 0.300. The van der Waals surface area contributed by atoms with Crippen molar-refractivity contribution in [3.05, 3.63) is 58.1 Å². The van der Waals surface area contributed by atoms with Crippen molar-refractivity contribution >= 4 is 38.3 Å². The normalized spacial score (nSPS) is 11.0. The number of nitrogens with zero attached hydrogens (tertiary/aromatic N) is 4. The highest BCUT2D eigenvalue weighted by Gasteiger charge is 2.23. The summed E-state index contributed by atoms with van der Waals surface area (Å²) in [6, 6.07) is 11.4. The number of ether oxygens (including phenoxy) is 1. The first kappa shape index (κ1) is 20.7. The van der Waals surface area contributed by atoms with Gasteiger partial charge >= 0.3 is 0 Å². The molecule has 0 aliphatic carbocycles. The molecule has 0 aliphatic rings. The van der Waals surface area contributed by atoms with Gasteiger partial charge in [-0.25, -0.2) is 4.98 Å². The number of nitro groups is 1. The Morgan fingerprint density at radius 3 is 2.66 bits per heavy atom. The van der Waals surface area contributed by atoms with E-state index in [4.69, 9.17) is 4.74 Å². The zero-order valence-corrected chi connectivity index (χ0v) is 17.3. The topological polar surface area (TPSA) is 88.8 Å². The molecule has 0 saturated carbocycles. The van der Waals surface area contributed by atoms with E-state index in [1.54, 1.807) is 18.1 Å². The highest BCUT2D eigenvalue weighted by Crippen LogP contribution is 2.34. The number of carbonyl (C=O) groups is 1. The summed E-state index contributed by atoms with van der Waals surface area (Å²) in [4.78, 5) is 32.1. The van der Waals surface area contributed by atoms with Crippen molar-refractivity contribution in [3.8, 4) is 5.75 Å². The molecule has 1 amide bonds. The van der Waals surface area contributed by atoms with Crippen LogP contribution in [0.15, 0.2) is 42.5 Å². The number of thiazole rings is 1. The van der Waals surface area contributed by atoms with Crippen LogP contribution >= 0.6 is 11.3 Å². The lowest BCUT2D eigenvalue weighted by Crippen LogP contribution is -2.33. The third-order valence-electron chi connectivity index (χ3n) is 4.36. The fourth-order valence-electron chi connectivity index (χ4n) is 2.93. The molecule has 0 bridgehead atoms. The van der Waals surface area contributed by atoms with E-state index in [0.717, 1.165) is 17.7 Å². The average molecular weight is 414 g/mol. The Balaban J connectivity index is 1.99. The number of aromatic nitrogens is 1. The van der Waals surface area contributed by atoms with Gasteiger partial charge in [0, 0.05) is 24.2 Å². The first-order chi connectivity index (χ1) is 13.9. The lowest BCUT2D eigenvalue weighted by atomic mass is 10.1. The summed E-state index contributed by atoms with van der Waals surface area (Å²) >= 11 is 1.39. The molecule has 1 heterocycles. The van der Waals surface area contributed by atoms with Crippen LogP contribution in [0.5, 0.6) is 5.75 Å². The van der Waals surface area contributed by atoms with E-state index in [0.29, 0.717) is 22.9 Å². The van der Waals surface area contributed by atoms with Gasteiger partial charge in [-0.05, 0) is 45.3 Å². The van der Waals surface area contributed by atoms with Gasteiger partial charge in [-0.1, -0.05) is 23.5 Å². The Morgan fingerprint density at radius 1 is 1.21 bits per heavy atom. The minimum absolute atomic E-state index is 0.116. The number of para-hydroxylation sites is 1. The number of anilines is 1. The summed E-state index contributed by atoms with van der Waals surface area (Å²) in [6.45, 7) is 1.24. The number of hydrogen-bond donors (Lipinski definition) is 0. The Labute approximate surface area is 172 Å². The number of benzene rings is 2. The molecule has 0 aliphatic heterocycles. The molecule has 2 aromatic carbocycles. The van der Waals surface area contributed by atoms with Gasteiger partial charge in [-0.3, -0.25) is 19.8 Å². The Morgan fingerprint density at radius 2 is 1.97 bits per heavy atom. The summed E-state index contributed by atoms with van der Waals surface area (Å²) in [5.74, 6) is 0.325. The minimum Gasteiger partial charge on any atom is -0.494 e. The maximum atomic E-state index is 13.3. The number of methoxy groups -OCH3 is 1. The quantitative estimate of drug-likeness (QED) is 0.411. The smallest absolute Gasteiger partial charge is 0.270 e. The van der Waals surface area contributed by atoms with Crippen molar-refractivity contribution in [2.24, 2.45) is 0 Å². The highest BCUT2D eigenvalue weighted by molar-refractivity contribution is 7.22. The molecule has 9 heteroatoms. The molecule has 0 atom stereocenters. The van der Waals surface area contributed by atoms with Gasteiger partial charge in [-0.2, -0.15) is 0 Å². The molecule has 0 saturated heterocycles. The van der Waals surface area contributed by atoms with Crippen LogP contribution in [0.4, 0.5) is 10.8 Å². The van der Waals surface area contributed by atoms with Gasteiger partial charge in [0.1, 0.15) is 11.3 Å². The van der Waals surface area contributed by atoms with Gasteiger partial charge in [0.25, 0.3) is 11.6 Å². The number of non-ortho nitro benzene ring substituents is 1. The summed E-state index contributed by atoms with van der Waals surface area (Å²) in [5, 5.41) is 11.6. The van der Waals surface area contributed by atoms with Crippen LogP contribution < -0.4 is 9.64 Å². The van der Waals surface area contributed by atoms with Crippen LogP contribution in [0.1, 0.15) is 16.8 Å². The molecule has 8 nitrogen and oxygen atoms in total. The van der Waals surface area contributed by atoms with E-state index in [1.807, 2.05) is 37.2 Å². The first-order valence-electron chi connectivity index (χ1n) is 9.05. The summed E-state index contributed by atoms with van der Waals surface area (Å²) < 4.78 is 6.29. The molecule has 152 valence electrons. The number of carbonyl (C=O) groups excluding carboxylic acids is 1. The second-order valence-corrected chi connectivity index (χ2v) is 7.73. The Bertz CT molecular complexity index is 1030. The molecule has 3 rings (SSSR count). The van der Waals surface area contributed by atoms with Gasteiger partial charge in [0.2, 0.25) is 0 Å². The van der Waals surface area contributed by atoms with E-state index in [-0.39, 0.29) is 17.2 Å². The second-order valence-electron chi connectivity index (χ2n) is 6.72. The van der Waals surface area contributed by atoms with E-state index in [1.165, 1.54) is 29.5 Å². The summed E-state index contributed by atoms with van der Waals surface area (Å²) in [7, 11) is 5.52. The van der Waals surface area contributed by atoms with Gasteiger partial charge in [0.05, 0.1) is 16.7 Å². The van der Waals surface area contributed by atoms with Crippen LogP contribution in [0.2, 0.25) is 0 Å². The van der Waals surface area contributed by atoms with E-state index >= 15 is 0 Å². The Hall–Kier alpha value is -3.04. The number of fused-ring (bicyclic) bond motifs is 1. The molecule has 0 N–H and O–H groups in total. The first-order valence-corrected chi connectivity index (χ1v) is 9.87. The van der Waals surface area contributed by atoms with Crippen molar-refractivity contribution in [2.45, 2.75) is 6.42 Å². The minimum atomic E-state index is -0.504. The summed E-state index contributed by atoms with van der Waals surface area (Å²) in [6.07, 6.45) is 0.737. The van der Waals surface area contributed by atoms with Crippen LogP contribution in [0.25, 0.3) is 10.2 Å². The molecule has 29 heavy (non-hydrogen) atoms. The van der Waals surface area contributed by atoms with Crippen LogP contribution in [-0.4, -0.2) is 55.0 Å². The third kappa shape index (κ3) is 4.69. The van der Waals surface area contributed by atoms with Crippen molar-refractivity contribution < 1.29 is 14.5 Å². The molecule has 0 unspecified atom stereocenters. The molecular formula is C20H22N4O4S. The summed E-state index contributed by atoms with van der Waals surface area (Å²) in [5.41, 5.74) is 0.838. The van der Waals surface area contributed by atoms with Gasteiger partial charge in [-0.15, -0.1) is 0 Å². The van der Waals surface area contributed by atoms with E-state index in [2.05, 4.69) is 4.98 Å². The fourth-order valence-corrected chi connectivity index (χ4v) is 3.94. The highest BCUT2D eigenvalue weighted by atomic mass is 32.1. The zero-order chi connectivity index (χ0) is 21.0. The number of amides is 1. The van der Waals surface area contributed by atoms with Gasteiger partial charge < -0.3 is 9.64 Å². The van der Waals surface area contributed by atoms with Crippen molar-refractivity contribution in [2.75, 3.05) is 39.2 Å². The molecule has 0 fully saturated rings. The predicted molar refractivity (Wildman–Crippen MR) is 114 cm³/mol. The van der Waals surface area contributed by atoms with Crippen molar-refractivity contribution in [1.82, 2.24) is 9.88 Å². The molecule has 3 aromatic rings. The zero-order valence-electron chi connectivity index (χ0n) is 16.5. The molecule has 0 radical (unpaired) electrons. The number of nitro benzene ring substituents is 1. The van der Waals surface area contributed by atoms with Gasteiger partial charge in [0.15, 0.2) is 5.13 Å². The standard InChI is InChI=1S/C20H22N4O4S/c1-22(2)11-6-12-23(19(25)14-7-4-8-15(13-14)24(26)27)20-21-18-16(28-3)9-5-10-17(18)29-20/h4-5,7-10,13H,6,11-12H2,1-3H3. The number of rotatable bonds is 8. The van der Waals surface area contributed by atoms with Crippen LogP contribution in [-0.2, 0) is 0 Å². The molecular weight excluding hydrogens is 392 g/mol. The monoisotopic (exact) mass is 414 g/mol. The van der Waals surface area contributed by atoms with E-state index in [9.17, 15) is 14.9 Å². The average Bonchev–Trinajstić information content (AvgIpc) is 3.14. The maximum absolute atomic E-state index is 13.3. The van der Waals surface area contributed by atoms with Crippen molar-refractivity contribution in [3.63, 3.8) is 0 Å². The van der Waals surface area contributed by atoms with E-state index < -0.39 is 4.92 Å². The van der Waals surface area contributed by atoms with Crippen LogP contribution in [0.3, 0.4) is 0 Å². The Kier molecular flexibility index (Phi) is 6.40.